The lowest BCUT2D eigenvalue weighted by atomic mass is 10.1. The zero-order chi connectivity index (χ0) is 27.4. The van der Waals surface area contributed by atoms with E-state index in [0.29, 0.717) is 27.2 Å². The van der Waals surface area contributed by atoms with E-state index in [1.54, 1.807) is 30.3 Å². The lowest BCUT2D eigenvalue weighted by Gasteiger charge is -2.14. The Morgan fingerprint density at radius 3 is 2.55 bits per heavy atom. The van der Waals surface area contributed by atoms with Gasteiger partial charge in [0.1, 0.15) is 19.0 Å². The van der Waals surface area contributed by atoms with Gasteiger partial charge in [0, 0.05) is 5.69 Å². The van der Waals surface area contributed by atoms with E-state index in [9.17, 15) is 18.8 Å². The van der Waals surface area contributed by atoms with Crippen molar-refractivity contribution in [2.24, 2.45) is 0 Å². The zero-order valence-corrected chi connectivity index (χ0v) is 23.2. The normalized spacial score (nSPS) is 14.2. The number of carbonyl (C=O) groups is 3. The van der Waals surface area contributed by atoms with Crippen LogP contribution in [0, 0.1) is 19.7 Å². The number of hydrogen-bond acceptors (Lipinski definition) is 6. The summed E-state index contributed by atoms with van der Waals surface area (Å²) >= 11 is 4.23. The average Bonchev–Trinajstić information content (AvgIpc) is 3.13. The van der Waals surface area contributed by atoms with Crippen LogP contribution in [0.1, 0.15) is 22.3 Å². The fraction of sp³-hybridized carbons (Fsp3) is 0.179. The topological polar surface area (TPSA) is 84.9 Å². The van der Waals surface area contributed by atoms with Gasteiger partial charge in [0.2, 0.25) is 5.91 Å². The predicted molar refractivity (Wildman–Crippen MR) is 149 cm³/mol. The van der Waals surface area contributed by atoms with Crippen LogP contribution >= 0.6 is 27.7 Å². The summed E-state index contributed by atoms with van der Waals surface area (Å²) in [6.45, 7) is 3.58. The molecular formula is C28H24BrFN2O5S. The Morgan fingerprint density at radius 2 is 1.84 bits per heavy atom. The number of amides is 3. The van der Waals surface area contributed by atoms with Gasteiger partial charge < -0.3 is 14.8 Å². The molecule has 0 unspecified atom stereocenters. The van der Waals surface area contributed by atoms with Gasteiger partial charge in [-0.05, 0) is 100 Å². The maximum atomic E-state index is 13.2. The third-order valence-corrected chi connectivity index (χ3v) is 7.18. The van der Waals surface area contributed by atoms with E-state index >= 15 is 0 Å². The number of benzene rings is 3. The van der Waals surface area contributed by atoms with Crippen LogP contribution in [0.25, 0.3) is 6.08 Å². The molecule has 1 saturated heterocycles. The lowest BCUT2D eigenvalue weighted by molar-refractivity contribution is -0.127. The summed E-state index contributed by atoms with van der Waals surface area (Å²) in [6, 6.07) is 15.0. The van der Waals surface area contributed by atoms with Gasteiger partial charge in [0.05, 0.1) is 16.5 Å². The fourth-order valence-electron chi connectivity index (χ4n) is 3.69. The number of rotatable bonds is 8. The summed E-state index contributed by atoms with van der Waals surface area (Å²) in [6.07, 6.45) is 1.56. The van der Waals surface area contributed by atoms with Crippen LogP contribution in [0.3, 0.4) is 0 Å². The number of methoxy groups -OCH3 is 1. The van der Waals surface area contributed by atoms with Gasteiger partial charge in [-0.3, -0.25) is 19.3 Å². The number of ether oxygens (including phenoxy) is 2. The Bertz CT molecular complexity index is 1440. The molecule has 3 aromatic carbocycles. The van der Waals surface area contributed by atoms with Crippen molar-refractivity contribution in [1.82, 2.24) is 4.90 Å². The van der Waals surface area contributed by atoms with Crippen molar-refractivity contribution in [1.29, 1.82) is 0 Å². The molecule has 196 valence electrons. The van der Waals surface area contributed by atoms with Gasteiger partial charge in [-0.1, -0.05) is 24.3 Å². The largest absolute Gasteiger partial charge is 0.493 e. The Labute approximate surface area is 232 Å². The molecule has 1 N–H and O–H groups in total. The highest BCUT2D eigenvalue weighted by molar-refractivity contribution is 9.10. The zero-order valence-electron chi connectivity index (χ0n) is 20.8. The number of nitrogens with zero attached hydrogens (tertiary/aromatic N) is 1. The summed E-state index contributed by atoms with van der Waals surface area (Å²) in [5, 5.41) is 2.24. The number of aryl methyl sites for hydroxylation is 2. The molecule has 0 saturated carbocycles. The summed E-state index contributed by atoms with van der Waals surface area (Å²) in [7, 11) is 1.48. The number of carbonyl (C=O) groups excluding carboxylic acids is 3. The molecule has 3 amide bonds. The first-order chi connectivity index (χ1) is 18.1. The molecule has 1 aliphatic heterocycles. The molecule has 0 atom stereocenters. The molecule has 1 heterocycles. The Balaban J connectivity index is 1.47. The first-order valence-corrected chi connectivity index (χ1v) is 13.1. The van der Waals surface area contributed by atoms with Gasteiger partial charge in [0.25, 0.3) is 11.1 Å². The van der Waals surface area contributed by atoms with Crippen LogP contribution < -0.4 is 14.8 Å². The molecule has 0 aromatic heterocycles. The molecule has 7 nitrogen and oxygen atoms in total. The van der Waals surface area contributed by atoms with Crippen molar-refractivity contribution in [2.45, 2.75) is 20.5 Å². The van der Waals surface area contributed by atoms with Gasteiger partial charge in [-0.15, -0.1) is 0 Å². The van der Waals surface area contributed by atoms with Crippen molar-refractivity contribution in [2.75, 3.05) is 19.0 Å². The third-order valence-electron chi connectivity index (χ3n) is 5.69. The molecule has 0 aliphatic carbocycles. The van der Waals surface area contributed by atoms with Crippen LogP contribution in [-0.4, -0.2) is 35.6 Å². The maximum Gasteiger partial charge on any atom is 0.294 e. The van der Waals surface area contributed by atoms with E-state index < -0.39 is 23.6 Å². The smallest absolute Gasteiger partial charge is 0.294 e. The van der Waals surface area contributed by atoms with Crippen molar-refractivity contribution in [3.8, 4) is 11.5 Å². The summed E-state index contributed by atoms with van der Waals surface area (Å²) < 4.78 is 25.1. The molecular weight excluding hydrogens is 575 g/mol. The molecule has 38 heavy (non-hydrogen) atoms. The van der Waals surface area contributed by atoms with Crippen LogP contribution in [-0.2, 0) is 16.2 Å². The number of hydrogen-bond donors (Lipinski definition) is 1. The van der Waals surface area contributed by atoms with Crippen LogP contribution in [0.2, 0.25) is 0 Å². The number of halogens is 2. The Hall–Kier alpha value is -3.63. The van der Waals surface area contributed by atoms with Crippen molar-refractivity contribution >= 4 is 56.5 Å². The number of anilines is 1. The second-order valence-corrected chi connectivity index (χ2v) is 10.4. The highest BCUT2D eigenvalue weighted by atomic mass is 79.9. The molecule has 1 fully saturated rings. The maximum absolute atomic E-state index is 13.2. The average molecular weight is 599 g/mol. The molecule has 0 bridgehead atoms. The van der Waals surface area contributed by atoms with Gasteiger partial charge >= 0.3 is 0 Å². The van der Waals surface area contributed by atoms with E-state index in [-0.39, 0.29) is 17.3 Å². The van der Waals surface area contributed by atoms with Crippen LogP contribution in [0.4, 0.5) is 14.9 Å². The molecule has 0 radical (unpaired) electrons. The van der Waals surface area contributed by atoms with Gasteiger partial charge in [-0.2, -0.15) is 0 Å². The number of nitrogens with one attached hydrogen (secondary N) is 1. The minimum atomic E-state index is -0.553. The standard InChI is InChI=1S/C28H24BrFN2O5S/c1-16-4-5-17(2)22(10-16)31-25(33)14-32-27(34)24(38-28(32)35)13-19-11-21(29)26(23(12-19)36-3)37-15-18-6-8-20(30)9-7-18/h4-13H,14-15H2,1-3H3,(H,31,33)/b24-13+. The van der Waals surface area contributed by atoms with E-state index in [1.165, 1.54) is 19.2 Å². The Kier molecular flexibility index (Phi) is 8.53. The van der Waals surface area contributed by atoms with Crippen molar-refractivity contribution in [3.63, 3.8) is 0 Å². The summed E-state index contributed by atoms with van der Waals surface area (Å²) in [5.74, 6) is -0.509. The van der Waals surface area contributed by atoms with E-state index in [1.807, 2.05) is 32.0 Å². The number of imide groups is 1. The molecule has 4 rings (SSSR count). The summed E-state index contributed by atoms with van der Waals surface area (Å²) in [4.78, 5) is 39.2. The third kappa shape index (κ3) is 6.43. The monoisotopic (exact) mass is 598 g/mol. The van der Waals surface area contributed by atoms with E-state index in [0.717, 1.165) is 33.4 Å². The predicted octanol–water partition coefficient (Wildman–Crippen LogP) is 6.47. The molecule has 0 spiro atoms. The number of thioether (sulfide) groups is 1. The molecule has 10 heteroatoms. The van der Waals surface area contributed by atoms with Gasteiger partial charge in [-0.25, -0.2) is 4.39 Å². The minimum Gasteiger partial charge on any atom is -0.493 e. The first-order valence-electron chi connectivity index (χ1n) is 11.5. The van der Waals surface area contributed by atoms with Crippen LogP contribution in [0.15, 0.2) is 64.0 Å². The SMILES string of the molecule is COc1cc(/C=C2/SC(=O)N(CC(=O)Nc3cc(C)ccc3C)C2=O)cc(Br)c1OCc1ccc(F)cc1. The second kappa shape index (κ2) is 11.8. The lowest BCUT2D eigenvalue weighted by Crippen LogP contribution is -2.36. The first kappa shape index (κ1) is 27.4. The van der Waals surface area contributed by atoms with Crippen LogP contribution in [0.5, 0.6) is 11.5 Å². The second-order valence-electron chi connectivity index (χ2n) is 8.58. The summed E-state index contributed by atoms with van der Waals surface area (Å²) in [5.41, 5.74) is 3.86. The quantitative estimate of drug-likeness (QED) is 0.299. The van der Waals surface area contributed by atoms with Crippen molar-refractivity contribution in [3.05, 3.63) is 92.0 Å². The molecule has 3 aromatic rings. The van der Waals surface area contributed by atoms with E-state index in [2.05, 4.69) is 21.2 Å². The highest BCUT2D eigenvalue weighted by Gasteiger charge is 2.36. The minimum absolute atomic E-state index is 0.184. The highest BCUT2D eigenvalue weighted by Crippen LogP contribution is 2.39. The molecule has 1 aliphatic rings. The van der Waals surface area contributed by atoms with Gasteiger partial charge in [0.15, 0.2) is 11.5 Å². The van der Waals surface area contributed by atoms with Crippen molar-refractivity contribution < 1.29 is 28.2 Å². The van der Waals surface area contributed by atoms with E-state index in [4.69, 9.17) is 9.47 Å². The fourth-order valence-corrected chi connectivity index (χ4v) is 5.10. The Morgan fingerprint density at radius 1 is 1.11 bits per heavy atom.